The fraction of sp³-hybridized carbons (Fsp3) is 0.357. The van der Waals surface area contributed by atoms with Gasteiger partial charge in [-0.3, -0.25) is 0 Å². The topological polar surface area (TPSA) is 38.0 Å². The monoisotopic (exact) mass is 230 g/mol. The molecule has 0 radical (unpaired) electrons. The number of nitrogens with zero attached hydrogens (tertiary/aromatic N) is 2. The Labute approximate surface area is 102 Å². The van der Waals surface area contributed by atoms with Gasteiger partial charge in [0.1, 0.15) is 0 Å². The maximum Gasteiger partial charge on any atom is 0.0761 e. The van der Waals surface area contributed by atoms with Crippen molar-refractivity contribution in [1.82, 2.24) is 9.78 Å². The Bertz CT molecular complexity index is 524. The summed E-state index contributed by atoms with van der Waals surface area (Å²) in [4.78, 5) is 0. The van der Waals surface area contributed by atoms with Crippen LogP contribution in [0.2, 0.25) is 0 Å². The van der Waals surface area contributed by atoms with E-state index in [2.05, 4.69) is 18.9 Å². The van der Waals surface area contributed by atoms with Crippen molar-refractivity contribution in [2.24, 2.45) is 0 Å². The zero-order valence-corrected chi connectivity index (χ0v) is 10.7. The first-order valence-electron chi connectivity index (χ1n) is 5.82. The van der Waals surface area contributed by atoms with Gasteiger partial charge in [-0.1, -0.05) is 12.1 Å². The van der Waals surface area contributed by atoms with Crippen molar-refractivity contribution >= 4 is 0 Å². The zero-order chi connectivity index (χ0) is 12.6. The molecule has 2 rings (SSSR count). The van der Waals surface area contributed by atoms with E-state index in [1.807, 2.05) is 35.9 Å². The quantitative estimate of drug-likeness (QED) is 0.861. The van der Waals surface area contributed by atoms with Crippen molar-refractivity contribution in [3.05, 3.63) is 46.8 Å². The minimum atomic E-state index is -0.425. The van der Waals surface area contributed by atoms with Crippen LogP contribution in [0.5, 0.6) is 0 Å². The molecule has 1 N–H and O–H groups in total. The molecule has 1 aromatic carbocycles. The van der Waals surface area contributed by atoms with E-state index in [-0.39, 0.29) is 0 Å². The van der Waals surface area contributed by atoms with Crippen LogP contribution in [0.3, 0.4) is 0 Å². The Kier molecular flexibility index (Phi) is 3.03. The van der Waals surface area contributed by atoms with Crippen LogP contribution in [0.4, 0.5) is 0 Å². The van der Waals surface area contributed by atoms with Gasteiger partial charge in [0, 0.05) is 5.69 Å². The van der Waals surface area contributed by atoms with Crippen molar-refractivity contribution in [3.63, 3.8) is 0 Å². The molecule has 1 aromatic heterocycles. The summed E-state index contributed by atoms with van der Waals surface area (Å²) in [6.45, 7) is 7.93. The lowest BCUT2D eigenvalue weighted by molar-refractivity contribution is 0.199. The van der Waals surface area contributed by atoms with Crippen LogP contribution >= 0.6 is 0 Å². The fourth-order valence-corrected chi connectivity index (χ4v) is 1.87. The highest BCUT2D eigenvalue weighted by molar-refractivity contribution is 5.38. The summed E-state index contributed by atoms with van der Waals surface area (Å²) in [7, 11) is 0. The SMILES string of the molecule is Cc1nn(-c2ccc([C@@H](C)O)cc2)c(C)c1C. The van der Waals surface area contributed by atoms with Gasteiger partial charge in [-0.25, -0.2) is 4.68 Å². The van der Waals surface area contributed by atoms with Gasteiger partial charge in [-0.15, -0.1) is 0 Å². The first-order valence-corrected chi connectivity index (χ1v) is 5.82. The van der Waals surface area contributed by atoms with Gasteiger partial charge in [0.2, 0.25) is 0 Å². The van der Waals surface area contributed by atoms with Crippen LogP contribution in [-0.2, 0) is 0 Å². The van der Waals surface area contributed by atoms with Gasteiger partial charge in [-0.2, -0.15) is 5.10 Å². The number of aliphatic hydroxyl groups excluding tert-OH is 1. The number of hydrogen-bond acceptors (Lipinski definition) is 2. The third-order valence-corrected chi connectivity index (χ3v) is 3.27. The van der Waals surface area contributed by atoms with E-state index in [4.69, 9.17) is 0 Å². The van der Waals surface area contributed by atoms with Crippen molar-refractivity contribution in [2.45, 2.75) is 33.8 Å². The minimum Gasteiger partial charge on any atom is -0.389 e. The smallest absolute Gasteiger partial charge is 0.0761 e. The van der Waals surface area contributed by atoms with Crippen LogP contribution in [0.25, 0.3) is 5.69 Å². The van der Waals surface area contributed by atoms with Crippen LogP contribution in [0.15, 0.2) is 24.3 Å². The molecule has 1 heterocycles. The van der Waals surface area contributed by atoms with Crippen molar-refractivity contribution in [2.75, 3.05) is 0 Å². The van der Waals surface area contributed by atoms with Gasteiger partial charge < -0.3 is 5.11 Å². The van der Waals surface area contributed by atoms with E-state index in [1.165, 1.54) is 5.56 Å². The van der Waals surface area contributed by atoms with E-state index in [0.717, 1.165) is 22.6 Å². The van der Waals surface area contributed by atoms with E-state index < -0.39 is 6.10 Å². The molecule has 3 nitrogen and oxygen atoms in total. The molecular formula is C14H18N2O. The Balaban J connectivity index is 2.43. The van der Waals surface area contributed by atoms with E-state index in [1.54, 1.807) is 6.92 Å². The molecule has 1 atom stereocenters. The molecule has 0 bridgehead atoms. The predicted molar refractivity (Wildman–Crippen MR) is 68.4 cm³/mol. The lowest BCUT2D eigenvalue weighted by Gasteiger charge is -2.08. The van der Waals surface area contributed by atoms with Gasteiger partial charge >= 0.3 is 0 Å². The van der Waals surface area contributed by atoms with E-state index >= 15 is 0 Å². The van der Waals surface area contributed by atoms with Crippen molar-refractivity contribution in [3.8, 4) is 5.69 Å². The van der Waals surface area contributed by atoms with E-state index in [0.29, 0.717) is 0 Å². The molecule has 0 saturated carbocycles. The summed E-state index contributed by atoms with van der Waals surface area (Å²) in [6, 6.07) is 7.85. The summed E-state index contributed by atoms with van der Waals surface area (Å²) in [5.74, 6) is 0. The molecule has 90 valence electrons. The number of hydrogen-bond donors (Lipinski definition) is 1. The predicted octanol–water partition coefficient (Wildman–Crippen LogP) is 2.85. The number of aromatic nitrogens is 2. The Morgan fingerprint density at radius 3 is 2.12 bits per heavy atom. The molecule has 0 fully saturated rings. The fourth-order valence-electron chi connectivity index (χ4n) is 1.87. The maximum absolute atomic E-state index is 9.47. The second-order valence-corrected chi connectivity index (χ2v) is 4.48. The molecule has 2 aromatic rings. The minimum absolute atomic E-state index is 0.425. The Morgan fingerprint density at radius 1 is 1.12 bits per heavy atom. The van der Waals surface area contributed by atoms with Crippen LogP contribution < -0.4 is 0 Å². The second-order valence-electron chi connectivity index (χ2n) is 4.48. The molecular weight excluding hydrogens is 212 g/mol. The highest BCUT2D eigenvalue weighted by Gasteiger charge is 2.09. The molecule has 0 aliphatic carbocycles. The van der Waals surface area contributed by atoms with E-state index in [9.17, 15) is 5.11 Å². The summed E-state index contributed by atoms with van der Waals surface area (Å²) >= 11 is 0. The van der Waals surface area contributed by atoms with Gasteiger partial charge in [0.15, 0.2) is 0 Å². The molecule has 0 saturated heterocycles. The molecule has 17 heavy (non-hydrogen) atoms. The van der Waals surface area contributed by atoms with Crippen molar-refractivity contribution in [1.29, 1.82) is 0 Å². The standard InChI is InChI=1S/C14H18N2O/c1-9-10(2)15-16(11(9)3)14-7-5-13(6-8-14)12(4)17/h5-8,12,17H,1-4H3/t12-/m1/s1. The maximum atomic E-state index is 9.47. The Morgan fingerprint density at radius 2 is 1.71 bits per heavy atom. The van der Waals surface area contributed by atoms with Crippen molar-refractivity contribution < 1.29 is 5.11 Å². The lowest BCUT2D eigenvalue weighted by atomic mass is 10.1. The molecule has 0 unspecified atom stereocenters. The second kappa shape index (κ2) is 4.34. The Hall–Kier alpha value is -1.61. The third kappa shape index (κ3) is 2.11. The van der Waals surface area contributed by atoms with Crippen LogP contribution in [0.1, 0.15) is 35.5 Å². The summed E-state index contributed by atoms with van der Waals surface area (Å²) < 4.78 is 1.94. The lowest BCUT2D eigenvalue weighted by Crippen LogP contribution is -2.00. The van der Waals surface area contributed by atoms with Gasteiger partial charge in [-0.05, 0) is 51.0 Å². The molecule has 3 heteroatoms. The first-order chi connectivity index (χ1) is 8.00. The summed E-state index contributed by atoms with van der Waals surface area (Å²) in [6.07, 6.45) is -0.425. The third-order valence-electron chi connectivity index (χ3n) is 3.27. The van der Waals surface area contributed by atoms with Crippen LogP contribution in [-0.4, -0.2) is 14.9 Å². The molecule has 0 amide bonds. The highest BCUT2D eigenvalue weighted by Crippen LogP contribution is 2.19. The molecule has 0 aliphatic rings. The van der Waals surface area contributed by atoms with Gasteiger partial charge in [0.05, 0.1) is 17.5 Å². The number of aryl methyl sites for hydroxylation is 1. The highest BCUT2D eigenvalue weighted by atomic mass is 16.3. The molecule has 0 spiro atoms. The average Bonchev–Trinajstić information content (AvgIpc) is 2.57. The first kappa shape index (κ1) is 11.9. The summed E-state index contributed by atoms with van der Waals surface area (Å²) in [5, 5.41) is 14.0. The van der Waals surface area contributed by atoms with Gasteiger partial charge in [0.25, 0.3) is 0 Å². The van der Waals surface area contributed by atoms with Crippen LogP contribution in [0, 0.1) is 20.8 Å². The summed E-state index contributed by atoms with van der Waals surface area (Å²) in [5.41, 5.74) is 5.40. The average molecular weight is 230 g/mol. The number of rotatable bonds is 2. The normalized spacial score (nSPS) is 12.8. The zero-order valence-electron chi connectivity index (χ0n) is 10.7. The molecule has 0 aliphatic heterocycles. The number of benzene rings is 1. The largest absolute Gasteiger partial charge is 0.389 e. The number of aliphatic hydroxyl groups is 1.